The van der Waals surface area contributed by atoms with Gasteiger partial charge in [-0.2, -0.15) is 0 Å². The zero-order valence-corrected chi connectivity index (χ0v) is 15.4. The van der Waals surface area contributed by atoms with Gasteiger partial charge in [0.1, 0.15) is 0 Å². The van der Waals surface area contributed by atoms with Crippen molar-refractivity contribution in [2.75, 3.05) is 7.11 Å². The molecule has 3 saturated carbocycles. The normalized spacial score (nSPS) is 55.6. The highest BCUT2D eigenvalue weighted by Crippen LogP contribution is 2.66. The topological polar surface area (TPSA) is 29.5 Å². The molecular weight excluding hydrogens is 284 g/mol. The zero-order valence-electron chi connectivity index (χ0n) is 15.4. The van der Waals surface area contributed by atoms with E-state index in [2.05, 4.69) is 26.8 Å². The first-order chi connectivity index (χ1) is 10.8. The Labute approximate surface area is 141 Å². The van der Waals surface area contributed by atoms with E-state index in [1.807, 2.05) is 7.11 Å². The summed E-state index contributed by atoms with van der Waals surface area (Å²) in [5, 5.41) is 10.7. The second-order valence-electron chi connectivity index (χ2n) is 9.93. The van der Waals surface area contributed by atoms with Gasteiger partial charge in [-0.05, 0) is 86.9 Å². The van der Waals surface area contributed by atoms with Crippen LogP contribution in [-0.4, -0.2) is 23.9 Å². The van der Waals surface area contributed by atoms with Gasteiger partial charge in [-0.1, -0.05) is 25.5 Å². The molecule has 0 aliphatic heterocycles. The highest BCUT2D eigenvalue weighted by Gasteiger charge is 2.59. The number of rotatable bonds is 1. The Morgan fingerprint density at radius 2 is 1.91 bits per heavy atom. The molecule has 4 aliphatic rings. The fourth-order valence-electron chi connectivity index (χ4n) is 7.26. The fraction of sp³-hybridized carbons (Fsp3) is 0.905. The predicted octanol–water partition coefficient (Wildman–Crippen LogP) is 4.72. The molecule has 0 bridgehead atoms. The van der Waals surface area contributed by atoms with E-state index in [9.17, 15) is 5.11 Å². The number of allylic oxidation sites excluding steroid dienone is 1. The minimum absolute atomic E-state index is 0.371. The van der Waals surface area contributed by atoms with Crippen molar-refractivity contribution in [1.29, 1.82) is 0 Å². The lowest BCUT2D eigenvalue weighted by atomic mass is 9.48. The molecule has 3 fully saturated rings. The lowest BCUT2D eigenvalue weighted by Crippen LogP contribution is -2.49. The van der Waals surface area contributed by atoms with Gasteiger partial charge in [0.25, 0.3) is 0 Å². The molecular formula is C21H34O2. The summed E-state index contributed by atoms with van der Waals surface area (Å²) in [6.45, 7) is 7.07. The SMILES string of the molecule is CO[C@H]1CC[C@@]2(C)C(=CC[C@H]3[C@@H]4C[C@@](C)(O)C[C@@]4(C)CC[C@@H]32)C1. The standard InChI is InChI=1S/C21H34O2/c1-19-9-8-17-16(18(19)12-20(2,22)13-19)6-5-14-11-15(23-4)7-10-21(14,17)3/h5,15-18,22H,6-13H2,1-4H3/t15-,16+,17-,18-,19+,20+,21-/m0/s1. The van der Waals surface area contributed by atoms with Crippen molar-refractivity contribution in [3.63, 3.8) is 0 Å². The van der Waals surface area contributed by atoms with E-state index >= 15 is 0 Å². The molecule has 0 aromatic heterocycles. The van der Waals surface area contributed by atoms with Crippen molar-refractivity contribution in [2.24, 2.45) is 28.6 Å². The zero-order chi connectivity index (χ0) is 16.5. The van der Waals surface area contributed by atoms with Crippen LogP contribution >= 0.6 is 0 Å². The van der Waals surface area contributed by atoms with Crippen LogP contribution in [0.5, 0.6) is 0 Å². The summed E-state index contributed by atoms with van der Waals surface area (Å²) in [7, 11) is 1.87. The van der Waals surface area contributed by atoms with Crippen LogP contribution in [0.4, 0.5) is 0 Å². The molecule has 0 aromatic rings. The Hall–Kier alpha value is -0.340. The van der Waals surface area contributed by atoms with Crippen LogP contribution in [0.15, 0.2) is 11.6 Å². The third-order valence-corrected chi connectivity index (χ3v) is 8.35. The molecule has 2 heteroatoms. The monoisotopic (exact) mass is 318 g/mol. The van der Waals surface area contributed by atoms with Crippen LogP contribution < -0.4 is 0 Å². The summed E-state index contributed by atoms with van der Waals surface area (Å²) in [6, 6.07) is 0. The highest BCUT2D eigenvalue weighted by molar-refractivity contribution is 5.25. The fourth-order valence-corrected chi connectivity index (χ4v) is 7.26. The summed E-state index contributed by atoms with van der Waals surface area (Å²) < 4.78 is 5.66. The minimum Gasteiger partial charge on any atom is -0.390 e. The van der Waals surface area contributed by atoms with E-state index in [1.54, 1.807) is 5.57 Å². The second kappa shape index (κ2) is 5.08. The van der Waals surface area contributed by atoms with Gasteiger partial charge in [0.15, 0.2) is 0 Å². The van der Waals surface area contributed by atoms with E-state index < -0.39 is 5.60 Å². The highest BCUT2D eigenvalue weighted by atomic mass is 16.5. The van der Waals surface area contributed by atoms with Crippen LogP contribution in [0.2, 0.25) is 0 Å². The van der Waals surface area contributed by atoms with Crippen LogP contribution in [0.3, 0.4) is 0 Å². The Morgan fingerprint density at radius 3 is 2.65 bits per heavy atom. The van der Waals surface area contributed by atoms with Gasteiger partial charge in [0.2, 0.25) is 0 Å². The van der Waals surface area contributed by atoms with Crippen molar-refractivity contribution in [3.05, 3.63) is 11.6 Å². The quantitative estimate of drug-likeness (QED) is 0.709. The van der Waals surface area contributed by atoms with Gasteiger partial charge in [0.05, 0.1) is 11.7 Å². The number of ether oxygens (including phenoxy) is 1. The van der Waals surface area contributed by atoms with Crippen LogP contribution in [0.25, 0.3) is 0 Å². The summed E-state index contributed by atoms with van der Waals surface area (Å²) in [6.07, 6.45) is 12.6. The van der Waals surface area contributed by atoms with Crippen LogP contribution in [-0.2, 0) is 4.74 Å². The predicted molar refractivity (Wildman–Crippen MR) is 93.1 cm³/mol. The third kappa shape index (κ3) is 2.35. The molecule has 7 atom stereocenters. The largest absolute Gasteiger partial charge is 0.390 e. The van der Waals surface area contributed by atoms with E-state index in [0.717, 1.165) is 31.1 Å². The van der Waals surface area contributed by atoms with Crippen LogP contribution in [0, 0.1) is 28.6 Å². The molecule has 0 unspecified atom stereocenters. The van der Waals surface area contributed by atoms with Gasteiger partial charge in [-0.25, -0.2) is 0 Å². The third-order valence-electron chi connectivity index (χ3n) is 8.35. The summed E-state index contributed by atoms with van der Waals surface area (Å²) in [5.74, 6) is 2.33. The van der Waals surface area contributed by atoms with E-state index in [1.165, 1.54) is 32.1 Å². The molecule has 4 aliphatic carbocycles. The molecule has 1 N–H and O–H groups in total. The first-order valence-electron chi connectivity index (χ1n) is 9.72. The Bertz CT molecular complexity index is 522. The lowest BCUT2D eigenvalue weighted by molar-refractivity contribution is -0.0409. The molecule has 0 saturated heterocycles. The summed E-state index contributed by atoms with van der Waals surface area (Å²) in [4.78, 5) is 0. The molecule has 0 heterocycles. The van der Waals surface area contributed by atoms with Crippen LogP contribution in [0.1, 0.15) is 72.1 Å². The lowest BCUT2D eigenvalue weighted by Gasteiger charge is -2.57. The van der Waals surface area contributed by atoms with Crippen molar-refractivity contribution < 1.29 is 9.84 Å². The van der Waals surface area contributed by atoms with Crippen molar-refractivity contribution in [2.45, 2.75) is 83.8 Å². The van der Waals surface area contributed by atoms with Gasteiger partial charge in [0, 0.05) is 7.11 Å². The number of methoxy groups -OCH3 is 1. The Balaban J connectivity index is 1.65. The molecule has 130 valence electrons. The van der Waals surface area contributed by atoms with Crippen molar-refractivity contribution in [3.8, 4) is 0 Å². The average molecular weight is 319 g/mol. The molecule has 23 heavy (non-hydrogen) atoms. The van der Waals surface area contributed by atoms with Gasteiger partial charge >= 0.3 is 0 Å². The number of hydrogen-bond acceptors (Lipinski definition) is 2. The minimum atomic E-state index is -0.438. The number of aliphatic hydroxyl groups is 1. The van der Waals surface area contributed by atoms with E-state index in [-0.39, 0.29) is 0 Å². The number of fused-ring (bicyclic) bond motifs is 5. The van der Waals surface area contributed by atoms with Gasteiger partial charge in [-0.3, -0.25) is 0 Å². The molecule has 0 radical (unpaired) electrons. The molecule has 0 spiro atoms. The smallest absolute Gasteiger partial charge is 0.0628 e. The second-order valence-corrected chi connectivity index (χ2v) is 9.93. The van der Waals surface area contributed by atoms with Crippen molar-refractivity contribution in [1.82, 2.24) is 0 Å². The molecule has 0 amide bonds. The summed E-state index contributed by atoms with van der Waals surface area (Å²) >= 11 is 0. The Morgan fingerprint density at radius 1 is 1.13 bits per heavy atom. The maximum atomic E-state index is 10.7. The summed E-state index contributed by atoms with van der Waals surface area (Å²) in [5.41, 5.74) is 2.02. The molecule has 0 aromatic carbocycles. The Kier molecular flexibility index (Phi) is 3.57. The maximum absolute atomic E-state index is 10.7. The van der Waals surface area contributed by atoms with Gasteiger partial charge < -0.3 is 9.84 Å². The molecule has 4 rings (SSSR count). The molecule has 2 nitrogen and oxygen atoms in total. The van der Waals surface area contributed by atoms with Crippen molar-refractivity contribution >= 4 is 0 Å². The van der Waals surface area contributed by atoms with Gasteiger partial charge in [-0.15, -0.1) is 0 Å². The maximum Gasteiger partial charge on any atom is 0.0628 e. The number of hydrogen-bond donors (Lipinski definition) is 1. The van der Waals surface area contributed by atoms with E-state index in [4.69, 9.17) is 4.74 Å². The average Bonchev–Trinajstić information content (AvgIpc) is 2.75. The van der Waals surface area contributed by atoms with E-state index in [0.29, 0.717) is 22.9 Å². The first kappa shape index (κ1) is 16.1. The first-order valence-corrected chi connectivity index (χ1v) is 9.72.